The smallest absolute Gasteiger partial charge is 0.344 e. The predicted molar refractivity (Wildman–Crippen MR) is 63.3 cm³/mol. The van der Waals surface area contributed by atoms with Gasteiger partial charge in [-0.2, -0.15) is 0 Å². The number of aryl methyl sites for hydroxylation is 1. The number of ether oxygens (including phenoxy) is 1. The molecule has 0 spiro atoms. The van der Waals surface area contributed by atoms with Crippen molar-refractivity contribution in [2.75, 3.05) is 0 Å². The fourth-order valence-electron chi connectivity index (χ4n) is 1.23. The molecule has 1 atom stereocenters. The van der Waals surface area contributed by atoms with Crippen molar-refractivity contribution in [2.45, 2.75) is 20.0 Å². The third kappa shape index (κ3) is 3.16. The molecule has 0 aliphatic rings. The first-order chi connectivity index (χ1) is 7.82. The van der Waals surface area contributed by atoms with E-state index in [1.807, 2.05) is 0 Å². The second-order valence-corrected chi connectivity index (χ2v) is 4.34. The highest BCUT2D eigenvalue weighted by Crippen LogP contribution is 2.34. The minimum Gasteiger partial charge on any atom is -0.479 e. The van der Waals surface area contributed by atoms with E-state index < -0.39 is 17.0 Å². The zero-order chi connectivity index (χ0) is 13.2. The molecule has 0 aliphatic heterocycles. The van der Waals surface area contributed by atoms with Crippen molar-refractivity contribution in [1.29, 1.82) is 0 Å². The van der Waals surface area contributed by atoms with Crippen LogP contribution in [-0.2, 0) is 4.79 Å². The number of halogens is 1. The lowest BCUT2D eigenvalue weighted by Crippen LogP contribution is -2.23. The maximum Gasteiger partial charge on any atom is 0.344 e. The van der Waals surface area contributed by atoms with Gasteiger partial charge < -0.3 is 9.84 Å². The number of hydrogen-bond donors (Lipinski definition) is 1. The number of nitrogens with zero attached hydrogens (tertiary/aromatic N) is 1. The summed E-state index contributed by atoms with van der Waals surface area (Å²) < 4.78 is 5.63. The number of nitro benzene ring substituents is 1. The Bertz CT molecular complexity index is 474. The molecule has 1 aromatic rings. The van der Waals surface area contributed by atoms with Crippen LogP contribution in [-0.4, -0.2) is 22.1 Å². The maximum atomic E-state index is 10.8. The first kappa shape index (κ1) is 13.4. The van der Waals surface area contributed by atoms with E-state index in [9.17, 15) is 14.9 Å². The van der Waals surface area contributed by atoms with Crippen LogP contribution < -0.4 is 4.74 Å². The van der Waals surface area contributed by atoms with Gasteiger partial charge in [0, 0.05) is 10.5 Å². The van der Waals surface area contributed by atoms with Crippen LogP contribution in [0.15, 0.2) is 16.6 Å². The standard InChI is InChI=1S/C10H10BrNO5/c1-5-3-7(11)4-8(12(15)16)9(5)17-6(2)10(13)14/h3-4,6H,1-2H3,(H,13,14). The molecule has 1 unspecified atom stereocenters. The summed E-state index contributed by atoms with van der Waals surface area (Å²) >= 11 is 3.13. The van der Waals surface area contributed by atoms with E-state index in [1.54, 1.807) is 13.0 Å². The average Bonchev–Trinajstić information content (AvgIpc) is 2.20. The Hall–Kier alpha value is -1.63. The quantitative estimate of drug-likeness (QED) is 0.682. The Labute approximate surface area is 105 Å². The summed E-state index contributed by atoms with van der Waals surface area (Å²) in [6.07, 6.45) is -1.14. The molecule has 6 nitrogen and oxygen atoms in total. The van der Waals surface area contributed by atoms with Crippen LogP contribution in [0.2, 0.25) is 0 Å². The van der Waals surface area contributed by atoms with E-state index in [-0.39, 0.29) is 11.4 Å². The van der Waals surface area contributed by atoms with Crippen molar-refractivity contribution in [3.63, 3.8) is 0 Å². The molecule has 0 aromatic heterocycles. The lowest BCUT2D eigenvalue weighted by molar-refractivity contribution is -0.386. The summed E-state index contributed by atoms with van der Waals surface area (Å²) in [6.45, 7) is 2.93. The summed E-state index contributed by atoms with van der Waals surface area (Å²) in [5.41, 5.74) is 0.240. The fourth-order valence-corrected chi connectivity index (χ4v) is 1.79. The normalized spacial score (nSPS) is 11.9. The van der Waals surface area contributed by atoms with Crippen LogP contribution in [0.1, 0.15) is 12.5 Å². The first-order valence-electron chi connectivity index (χ1n) is 4.67. The van der Waals surface area contributed by atoms with Crippen molar-refractivity contribution < 1.29 is 19.6 Å². The molecule has 0 fully saturated rings. The molecule has 17 heavy (non-hydrogen) atoms. The van der Waals surface area contributed by atoms with Crippen LogP contribution in [0.25, 0.3) is 0 Å². The number of carboxylic acids is 1. The van der Waals surface area contributed by atoms with Crippen molar-refractivity contribution in [2.24, 2.45) is 0 Å². The molecule has 7 heteroatoms. The molecule has 92 valence electrons. The van der Waals surface area contributed by atoms with Crippen molar-refractivity contribution in [3.05, 3.63) is 32.3 Å². The molecule has 0 saturated carbocycles. The van der Waals surface area contributed by atoms with Crippen molar-refractivity contribution in [1.82, 2.24) is 0 Å². The highest BCUT2D eigenvalue weighted by molar-refractivity contribution is 9.10. The highest BCUT2D eigenvalue weighted by atomic mass is 79.9. The van der Waals surface area contributed by atoms with Gasteiger partial charge in [0.05, 0.1) is 4.92 Å². The second-order valence-electron chi connectivity index (χ2n) is 3.43. The summed E-state index contributed by atoms with van der Waals surface area (Å²) in [5, 5.41) is 19.5. The SMILES string of the molecule is Cc1cc(Br)cc([N+](=O)[O-])c1OC(C)C(=O)O. The Balaban J connectivity index is 3.21. The van der Waals surface area contributed by atoms with Crippen molar-refractivity contribution in [3.8, 4) is 5.75 Å². The molecule has 0 saturated heterocycles. The van der Waals surface area contributed by atoms with Gasteiger partial charge in [0.1, 0.15) is 0 Å². The predicted octanol–water partition coefficient (Wildman–Crippen LogP) is 2.52. The molecular weight excluding hydrogens is 294 g/mol. The van der Waals surface area contributed by atoms with Crippen LogP contribution in [0.5, 0.6) is 5.75 Å². The molecule has 0 radical (unpaired) electrons. The molecule has 1 rings (SSSR count). The zero-order valence-electron chi connectivity index (χ0n) is 9.14. The molecule has 1 aromatic carbocycles. The van der Waals surface area contributed by atoms with Crippen molar-refractivity contribution >= 4 is 27.6 Å². The molecular formula is C10H10BrNO5. The van der Waals surface area contributed by atoms with Gasteiger partial charge in [0.2, 0.25) is 5.75 Å². The maximum absolute atomic E-state index is 10.8. The largest absolute Gasteiger partial charge is 0.479 e. The van der Waals surface area contributed by atoms with Gasteiger partial charge in [0.15, 0.2) is 6.10 Å². The van der Waals surface area contributed by atoms with Gasteiger partial charge in [-0.3, -0.25) is 10.1 Å². The summed E-state index contributed by atoms with van der Waals surface area (Å²) in [6, 6.07) is 2.90. The average molecular weight is 304 g/mol. The first-order valence-corrected chi connectivity index (χ1v) is 5.46. The second kappa shape index (κ2) is 5.13. The Morgan fingerprint density at radius 3 is 2.65 bits per heavy atom. The van der Waals surface area contributed by atoms with E-state index >= 15 is 0 Å². The summed E-state index contributed by atoms with van der Waals surface area (Å²) in [5.74, 6) is -1.20. The number of carbonyl (C=O) groups is 1. The third-order valence-electron chi connectivity index (χ3n) is 2.06. The molecule has 0 bridgehead atoms. The lowest BCUT2D eigenvalue weighted by atomic mass is 10.2. The highest BCUT2D eigenvalue weighted by Gasteiger charge is 2.23. The minimum atomic E-state index is -1.18. The molecule has 0 aliphatic carbocycles. The molecule has 1 N–H and O–H groups in total. The number of carboxylic acid groups (broad SMARTS) is 1. The Morgan fingerprint density at radius 2 is 2.18 bits per heavy atom. The van der Waals surface area contributed by atoms with Gasteiger partial charge in [-0.15, -0.1) is 0 Å². The van der Waals surface area contributed by atoms with Crippen LogP contribution in [0.4, 0.5) is 5.69 Å². The van der Waals surface area contributed by atoms with E-state index in [0.717, 1.165) is 0 Å². The van der Waals surface area contributed by atoms with Crippen LogP contribution in [0.3, 0.4) is 0 Å². The monoisotopic (exact) mass is 303 g/mol. The topological polar surface area (TPSA) is 89.7 Å². The van der Waals surface area contributed by atoms with E-state index in [4.69, 9.17) is 9.84 Å². The fraction of sp³-hybridized carbons (Fsp3) is 0.300. The number of benzene rings is 1. The van der Waals surface area contributed by atoms with Crippen LogP contribution >= 0.6 is 15.9 Å². The van der Waals surface area contributed by atoms with Crippen LogP contribution in [0, 0.1) is 17.0 Å². The third-order valence-corrected chi connectivity index (χ3v) is 2.52. The van der Waals surface area contributed by atoms with Gasteiger partial charge in [-0.1, -0.05) is 15.9 Å². The zero-order valence-corrected chi connectivity index (χ0v) is 10.7. The van der Waals surface area contributed by atoms with E-state index in [0.29, 0.717) is 10.0 Å². The van der Waals surface area contributed by atoms with Gasteiger partial charge in [0.25, 0.3) is 0 Å². The summed E-state index contributed by atoms with van der Waals surface area (Å²) in [7, 11) is 0. The number of nitro groups is 1. The van der Waals surface area contributed by atoms with E-state index in [1.165, 1.54) is 13.0 Å². The Kier molecular flexibility index (Phi) is 4.06. The molecule has 0 heterocycles. The van der Waals surface area contributed by atoms with Gasteiger partial charge in [-0.05, 0) is 25.5 Å². The van der Waals surface area contributed by atoms with E-state index in [2.05, 4.69) is 15.9 Å². The number of aliphatic carboxylic acids is 1. The lowest BCUT2D eigenvalue weighted by Gasteiger charge is -2.13. The molecule has 0 amide bonds. The number of rotatable bonds is 4. The van der Waals surface area contributed by atoms with Gasteiger partial charge >= 0.3 is 11.7 Å². The number of hydrogen-bond acceptors (Lipinski definition) is 4. The Morgan fingerprint density at radius 1 is 1.59 bits per heavy atom. The van der Waals surface area contributed by atoms with Gasteiger partial charge in [-0.25, -0.2) is 4.79 Å². The minimum absolute atomic E-state index is 0.0203. The summed E-state index contributed by atoms with van der Waals surface area (Å²) in [4.78, 5) is 20.9.